The number of rotatable bonds is 3. The van der Waals surface area contributed by atoms with Crippen molar-refractivity contribution in [2.45, 2.75) is 31.8 Å². The van der Waals surface area contributed by atoms with Crippen molar-refractivity contribution in [3.8, 4) is 0 Å². The molecule has 1 aromatic rings. The van der Waals surface area contributed by atoms with Crippen LogP contribution in [-0.4, -0.2) is 51.2 Å². The van der Waals surface area contributed by atoms with Gasteiger partial charge in [-0.2, -0.15) is 5.10 Å². The number of carbonyl (C=O) groups is 1. The van der Waals surface area contributed by atoms with E-state index in [-0.39, 0.29) is 5.91 Å². The Kier molecular flexibility index (Phi) is 3.27. The van der Waals surface area contributed by atoms with E-state index in [1.807, 2.05) is 0 Å². The fourth-order valence-electron chi connectivity index (χ4n) is 3.08. The van der Waals surface area contributed by atoms with E-state index in [4.69, 9.17) is 0 Å². The third kappa shape index (κ3) is 2.25. The lowest BCUT2D eigenvalue weighted by molar-refractivity contribution is -0.135. The predicted molar refractivity (Wildman–Crippen MR) is 65.7 cm³/mol. The van der Waals surface area contributed by atoms with Gasteiger partial charge in [-0.3, -0.25) is 9.48 Å². The second kappa shape index (κ2) is 5.06. The molecular weight excluding hydrogens is 230 g/mol. The van der Waals surface area contributed by atoms with Gasteiger partial charge < -0.3 is 10.2 Å². The molecule has 0 saturated carbocycles. The molecule has 0 spiro atoms. The number of carbonyl (C=O) groups excluding carboxylic acids is 1. The van der Waals surface area contributed by atoms with Gasteiger partial charge in [-0.15, -0.1) is 0 Å². The number of nitrogens with one attached hydrogen (secondary N) is 1. The topological polar surface area (TPSA) is 63.1 Å². The molecular formula is C12H19N5O. The SMILES string of the molecule is O=C(CCn1cncn1)N1CCCC2CNCC21. The second-order valence-electron chi connectivity index (χ2n) is 5.12. The van der Waals surface area contributed by atoms with Gasteiger partial charge in [-0.1, -0.05) is 0 Å². The summed E-state index contributed by atoms with van der Waals surface area (Å²) in [4.78, 5) is 18.2. The number of hydrogen-bond donors (Lipinski definition) is 1. The first kappa shape index (κ1) is 11.6. The lowest BCUT2D eigenvalue weighted by atomic mass is 9.92. The van der Waals surface area contributed by atoms with Crippen molar-refractivity contribution in [3.63, 3.8) is 0 Å². The van der Waals surface area contributed by atoms with Crippen molar-refractivity contribution in [2.75, 3.05) is 19.6 Å². The molecule has 2 fully saturated rings. The summed E-state index contributed by atoms with van der Waals surface area (Å²) in [6, 6.07) is 0.419. The molecule has 0 aliphatic carbocycles. The molecule has 2 unspecified atom stereocenters. The number of amides is 1. The minimum Gasteiger partial charge on any atom is -0.338 e. The third-order valence-electron chi connectivity index (χ3n) is 4.02. The summed E-state index contributed by atoms with van der Waals surface area (Å²) >= 11 is 0. The fourth-order valence-corrected chi connectivity index (χ4v) is 3.08. The zero-order chi connectivity index (χ0) is 12.4. The van der Waals surface area contributed by atoms with Crippen molar-refractivity contribution < 1.29 is 4.79 Å². The van der Waals surface area contributed by atoms with Crippen LogP contribution in [0.5, 0.6) is 0 Å². The fraction of sp³-hybridized carbons (Fsp3) is 0.750. The Balaban J connectivity index is 1.58. The van der Waals surface area contributed by atoms with Crippen LogP contribution in [0.2, 0.25) is 0 Å². The van der Waals surface area contributed by atoms with Crippen LogP contribution in [0.25, 0.3) is 0 Å². The van der Waals surface area contributed by atoms with E-state index in [0.717, 1.165) is 26.1 Å². The number of aromatic nitrogens is 3. The highest BCUT2D eigenvalue weighted by Crippen LogP contribution is 2.26. The zero-order valence-corrected chi connectivity index (χ0v) is 10.5. The van der Waals surface area contributed by atoms with Gasteiger partial charge in [0.1, 0.15) is 12.7 Å². The highest BCUT2D eigenvalue weighted by atomic mass is 16.2. The number of fused-ring (bicyclic) bond motifs is 1. The standard InChI is InChI=1S/C12H19N5O/c18-12(3-5-16-9-14-8-15-16)17-4-1-2-10-6-13-7-11(10)17/h8-11,13H,1-7H2. The summed E-state index contributed by atoms with van der Waals surface area (Å²) < 4.78 is 1.71. The van der Waals surface area contributed by atoms with Crippen molar-refractivity contribution in [1.82, 2.24) is 25.0 Å². The monoisotopic (exact) mass is 249 g/mol. The molecule has 1 amide bonds. The molecule has 2 aliphatic heterocycles. The molecule has 0 aromatic carbocycles. The number of hydrogen-bond acceptors (Lipinski definition) is 4. The lowest BCUT2D eigenvalue weighted by Crippen LogP contribution is -2.48. The molecule has 2 saturated heterocycles. The van der Waals surface area contributed by atoms with E-state index < -0.39 is 0 Å². The average molecular weight is 249 g/mol. The first-order chi connectivity index (χ1) is 8.84. The van der Waals surface area contributed by atoms with Crippen molar-refractivity contribution in [3.05, 3.63) is 12.7 Å². The van der Waals surface area contributed by atoms with Crippen LogP contribution >= 0.6 is 0 Å². The molecule has 0 bridgehead atoms. The second-order valence-corrected chi connectivity index (χ2v) is 5.12. The van der Waals surface area contributed by atoms with Crippen LogP contribution in [0, 0.1) is 5.92 Å². The summed E-state index contributed by atoms with van der Waals surface area (Å²) in [6.45, 7) is 3.57. The van der Waals surface area contributed by atoms with Crippen LogP contribution in [0.4, 0.5) is 0 Å². The van der Waals surface area contributed by atoms with Crippen LogP contribution in [0.3, 0.4) is 0 Å². The van der Waals surface area contributed by atoms with Gasteiger partial charge in [0.05, 0.1) is 6.54 Å². The van der Waals surface area contributed by atoms with E-state index in [9.17, 15) is 4.79 Å². The van der Waals surface area contributed by atoms with Gasteiger partial charge in [0.2, 0.25) is 5.91 Å². The van der Waals surface area contributed by atoms with Crippen molar-refractivity contribution in [1.29, 1.82) is 0 Å². The Morgan fingerprint density at radius 3 is 3.22 bits per heavy atom. The summed E-state index contributed by atoms with van der Waals surface area (Å²) in [5.41, 5.74) is 0. The predicted octanol–water partition coefficient (Wildman–Crippen LogP) is -0.121. The maximum atomic E-state index is 12.3. The first-order valence-corrected chi connectivity index (χ1v) is 6.67. The van der Waals surface area contributed by atoms with E-state index in [1.54, 1.807) is 11.0 Å². The Bertz CT molecular complexity index is 405. The van der Waals surface area contributed by atoms with E-state index in [1.165, 1.54) is 12.7 Å². The first-order valence-electron chi connectivity index (χ1n) is 6.67. The summed E-state index contributed by atoms with van der Waals surface area (Å²) in [6.07, 6.45) is 6.07. The highest BCUT2D eigenvalue weighted by Gasteiger charge is 2.36. The molecule has 1 N–H and O–H groups in total. The Hall–Kier alpha value is -1.43. The molecule has 3 rings (SSSR count). The number of aryl methyl sites for hydroxylation is 1. The smallest absolute Gasteiger partial charge is 0.224 e. The van der Waals surface area contributed by atoms with Crippen molar-refractivity contribution >= 4 is 5.91 Å². The van der Waals surface area contributed by atoms with Gasteiger partial charge >= 0.3 is 0 Å². The maximum Gasteiger partial charge on any atom is 0.224 e. The highest BCUT2D eigenvalue weighted by molar-refractivity contribution is 5.76. The average Bonchev–Trinajstić information content (AvgIpc) is 3.05. The molecule has 98 valence electrons. The molecule has 0 radical (unpaired) electrons. The Morgan fingerprint density at radius 1 is 1.44 bits per heavy atom. The number of likely N-dealkylation sites (tertiary alicyclic amines) is 1. The summed E-state index contributed by atoms with van der Waals surface area (Å²) in [5, 5.41) is 7.42. The molecule has 6 nitrogen and oxygen atoms in total. The third-order valence-corrected chi connectivity index (χ3v) is 4.02. The van der Waals surface area contributed by atoms with Crippen LogP contribution in [0.1, 0.15) is 19.3 Å². The normalized spacial score (nSPS) is 27.2. The molecule has 1 aromatic heterocycles. The number of piperidine rings is 1. The maximum absolute atomic E-state index is 12.3. The largest absolute Gasteiger partial charge is 0.338 e. The van der Waals surface area contributed by atoms with Crippen LogP contribution in [-0.2, 0) is 11.3 Å². The minimum absolute atomic E-state index is 0.254. The van der Waals surface area contributed by atoms with Gasteiger partial charge in [0.15, 0.2) is 0 Å². The van der Waals surface area contributed by atoms with Gasteiger partial charge in [-0.25, -0.2) is 4.98 Å². The molecule has 2 aliphatic rings. The van der Waals surface area contributed by atoms with Gasteiger partial charge in [0.25, 0.3) is 0 Å². The Labute approximate surface area is 106 Å². The minimum atomic E-state index is 0.254. The van der Waals surface area contributed by atoms with Gasteiger partial charge in [0, 0.05) is 32.1 Å². The Morgan fingerprint density at radius 2 is 2.39 bits per heavy atom. The summed E-state index contributed by atoms with van der Waals surface area (Å²) in [7, 11) is 0. The van der Waals surface area contributed by atoms with Crippen LogP contribution in [0.15, 0.2) is 12.7 Å². The molecule has 18 heavy (non-hydrogen) atoms. The van der Waals surface area contributed by atoms with Crippen LogP contribution < -0.4 is 5.32 Å². The lowest BCUT2D eigenvalue weighted by Gasteiger charge is -2.37. The molecule has 3 heterocycles. The van der Waals surface area contributed by atoms with E-state index >= 15 is 0 Å². The van der Waals surface area contributed by atoms with E-state index in [2.05, 4.69) is 20.3 Å². The zero-order valence-electron chi connectivity index (χ0n) is 10.5. The summed E-state index contributed by atoms with van der Waals surface area (Å²) in [5.74, 6) is 0.915. The quantitative estimate of drug-likeness (QED) is 0.811. The molecule has 6 heteroatoms. The number of nitrogens with zero attached hydrogens (tertiary/aromatic N) is 4. The van der Waals surface area contributed by atoms with Crippen molar-refractivity contribution in [2.24, 2.45) is 5.92 Å². The van der Waals surface area contributed by atoms with E-state index in [0.29, 0.717) is 24.9 Å². The van der Waals surface area contributed by atoms with Gasteiger partial charge in [-0.05, 0) is 18.8 Å². The molecule has 2 atom stereocenters.